The van der Waals surface area contributed by atoms with Gasteiger partial charge < -0.3 is 15.4 Å². The van der Waals surface area contributed by atoms with E-state index in [1.165, 1.54) is 12.1 Å². The van der Waals surface area contributed by atoms with E-state index in [1.807, 2.05) is 31.2 Å². The minimum atomic E-state index is -3.69. The quantitative estimate of drug-likeness (QED) is 0.417. The molecule has 0 saturated carbocycles. The van der Waals surface area contributed by atoms with Crippen LogP contribution in [0.1, 0.15) is 44.9 Å². The van der Waals surface area contributed by atoms with Crippen LogP contribution in [-0.2, 0) is 16.6 Å². The lowest BCUT2D eigenvalue weighted by Crippen LogP contribution is -2.38. The zero-order valence-electron chi connectivity index (χ0n) is 18.1. The highest BCUT2D eigenvalue weighted by molar-refractivity contribution is 7.89. The number of rotatable bonds is 9. The molecule has 1 atom stereocenters. The second kappa shape index (κ2) is 11.0. The van der Waals surface area contributed by atoms with Crippen LogP contribution in [0.15, 0.2) is 58.4 Å². The monoisotopic (exact) mass is 432 g/mol. The Hall–Kier alpha value is -2.58. The van der Waals surface area contributed by atoms with Crippen LogP contribution in [-0.4, -0.2) is 27.5 Å². The molecule has 0 fully saturated rings. The molecule has 0 aliphatic carbocycles. The van der Waals surface area contributed by atoms with Crippen LogP contribution in [0.5, 0.6) is 5.75 Å². The van der Waals surface area contributed by atoms with Gasteiger partial charge >= 0.3 is 0 Å². The molecule has 0 radical (unpaired) electrons. The van der Waals surface area contributed by atoms with Crippen LogP contribution in [0.25, 0.3) is 0 Å². The molecule has 164 valence electrons. The summed E-state index contributed by atoms with van der Waals surface area (Å²) in [5, 5.41) is 11.8. The van der Waals surface area contributed by atoms with Crippen molar-refractivity contribution in [1.29, 1.82) is 0 Å². The van der Waals surface area contributed by atoms with Crippen molar-refractivity contribution in [3.8, 4) is 5.75 Å². The van der Waals surface area contributed by atoms with Gasteiger partial charge in [-0.1, -0.05) is 38.1 Å². The van der Waals surface area contributed by atoms with Crippen LogP contribution in [0.2, 0.25) is 0 Å². The van der Waals surface area contributed by atoms with E-state index < -0.39 is 10.0 Å². The van der Waals surface area contributed by atoms with E-state index >= 15 is 0 Å². The third-order valence-electron chi connectivity index (χ3n) is 4.33. The van der Waals surface area contributed by atoms with Crippen molar-refractivity contribution in [2.75, 3.05) is 13.2 Å². The number of sulfonamides is 1. The minimum Gasteiger partial charge on any atom is -0.493 e. The normalized spacial score (nSPS) is 13.2. The van der Waals surface area contributed by atoms with Gasteiger partial charge in [-0.05, 0) is 55.2 Å². The summed E-state index contributed by atoms with van der Waals surface area (Å²) in [6.07, 6.45) is 0. The highest BCUT2D eigenvalue weighted by Gasteiger charge is 2.09. The highest BCUT2D eigenvalue weighted by Crippen LogP contribution is 2.18. The van der Waals surface area contributed by atoms with Crippen molar-refractivity contribution < 1.29 is 13.2 Å². The number of ether oxygens (including phenoxy) is 1. The molecular weight excluding hydrogens is 400 g/mol. The van der Waals surface area contributed by atoms with Crippen LogP contribution in [0.4, 0.5) is 0 Å². The summed E-state index contributed by atoms with van der Waals surface area (Å²) in [5.74, 6) is 2.03. The second-order valence-electron chi connectivity index (χ2n) is 7.52. The molecule has 30 heavy (non-hydrogen) atoms. The number of primary sulfonamides is 1. The van der Waals surface area contributed by atoms with E-state index in [4.69, 9.17) is 9.88 Å². The number of benzene rings is 2. The molecule has 7 nitrogen and oxygen atoms in total. The summed E-state index contributed by atoms with van der Waals surface area (Å²) >= 11 is 0. The third kappa shape index (κ3) is 7.68. The Morgan fingerprint density at radius 2 is 1.70 bits per heavy atom. The van der Waals surface area contributed by atoms with Gasteiger partial charge in [0.25, 0.3) is 0 Å². The van der Waals surface area contributed by atoms with Crippen molar-refractivity contribution in [3.05, 3.63) is 59.7 Å². The average molecular weight is 433 g/mol. The molecular formula is C22H32N4O3S. The predicted octanol–water partition coefficient (Wildman–Crippen LogP) is 3.19. The summed E-state index contributed by atoms with van der Waals surface area (Å²) in [5.41, 5.74) is 2.01. The molecule has 0 aliphatic heterocycles. The van der Waals surface area contributed by atoms with Gasteiger partial charge in [-0.3, -0.25) is 0 Å². The first-order valence-corrected chi connectivity index (χ1v) is 11.6. The standard InChI is InChI=1S/C22H32N4O3S/c1-5-24-22(25-14-18-6-12-21(13-7-18)30(23,27)28)26-17(4)19-8-10-20(11-9-19)29-15-16(2)3/h6-13,16-17H,5,14-15H2,1-4H3,(H2,23,27,28)(H2,24,25,26). The Morgan fingerprint density at radius 3 is 2.23 bits per heavy atom. The number of hydrogen-bond donors (Lipinski definition) is 3. The fourth-order valence-corrected chi connectivity index (χ4v) is 3.19. The summed E-state index contributed by atoms with van der Waals surface area (Å²) in [7, 11) is -3.69. The number of hydrogen-bond acceptors (Lipinski definition) is 4. The van der Waals surface area contributed by atoms with Crippen molar-refractivity contribution in [1.82, 2.24) is 10.6 Å². The lowest BCUT2D eigenvalue weighted by molar-refractivity contribution is 0.271. The van der Waals surface area contributed by atoms with Gasteiger partial charge in [0.2, 0.25) is 10.0 Å². The predicted molar refractivity (Wildman–Crippen MR) is 121 cm³/mol. The van der Waals surface area contributed by atoms with Gasteiger partial charge in [-0.15, -0.1) is 0 Å². The highest BCUT2D eigenvalue weighted by atomic mass is 32.2. The van der Waals surface area contributed by atoms with E-state index in [-0.39, 0.29) is 10.9 Å². The maximum Gasteiger partial charge on any atom is 0.238 e. The van der Waals surface area contributed by atoms with E-state index in [9.17, 15) is 8.42 Å². The number of nitrogens with one attached hydrogen (secondary N) is 2. The first-order valence-electron chi connectivity index (χ1n) is 10.1. The Labute approximate surface area is 179 Å². The molecule has 0 heterocycles. The first-order chi connectivity index (χ1) is 14.2. The zero-order chi connectivity index (χ0) is 22.1. The van der Waals surface area contributed by atoms with E-state index in [1.54, 1.807) is 12.1 Å². The molecule has 8 heteroatoms. The van der Waals surface area contributed by atoms with E-state index in [0.717, 1.165) is 23.4 Å². The first kappa shape index (κ1) is 23.7. The third-order valence-corrected chi connectivity index (χ3v) is 5.26. The zero-order valence-corrected chi connectivity index (χ0v) is 18.9. The topological polar surface area (TPSA) is 106 Å². The lowest BCUT2D eigenvalue weighted by atomic mass is 10.1. The van der Waals surface area contributed by atoms with Gasteiger partial charge in [0.15, 0.2) is 5.96 Å². The van der Waals surface area contributed by atoms with Gasteiger partial charge in [0.05, 0.1) is 24.1 Å². The summed E-state index contributed by atoms with van der Waals surface area (Å²) in [6.45, 7) is 10.1. The van der Waals surface area contributed by atoms with E-state index in [0.29, 0.717) is 25.0 Å². The molecule has 0 bridgehead atoms. The number of nitrogens with two attached hydrogens (primary N) is 1. The minimum absolute atomic E-state index is 0.0479. The molecule has 0 aliphatic rings. The summed E-state index contributed by atoms with van der Waals surface area (Å²) < 4.78 is 28.5. The maximum absolute atomic E-state index is 11.4. The molecule has 1 unspecified atom stereocenters. The Bertz CT molecular complexity index is 924. The molecule has 0 aromatic heterocycles. The number of aliphatic imine (C=N–C) groups is 1. The van der Waals surface area contributed by atoms with Gasteiger partial charge in [0.1, 0.15) is 5.75 Å². The molecule has 0 amide bonds. The van der Waals surface area contributed by atoms with Crippen LogP contribution in [0.3, 0.4) is 0 Å². The Balaban J connectivity index is 2.01. The largest absolute Gasteiger partial charge is 0.493 e. The Kier molecular flexibility index (Phi) is 8.68. The van der Waals surface area contributed by atoms with Crippen LogP contribution >= 0.6 is 0 Å². The smallest absolute Gasteiger partial charge is 0.238 e. The fourth-order valence-electron chi connectivity index (χ4n) is 2.68. The molecule has 4 N–H and O–H groups in total. The van der Waals surface area contributed by atoms with Crippen molar-refractivity contribution >= 4 is 16.0 Å². The Morgan fingerprint density at radius 1 is 1.07 bits per heavy atom. The SMILES string of the molecule is CCNC(=NCc1ccc(S(N)(=O)=O)cc1)NC(C)c1ccc(OCC(C)C)cc1. The molecule has 0 saturated heterocycles. The number of guanidine groups is 1. The molecule has 2 aromatic carbocycles. The van der Waals surface area contributed by atoms with Gasteiger partial charge in [0, 0.05) is 6.54 Å². The van der Waals surface area contributed by atoms with Crippen LogP contribution in [0, 0.1) is 5.92 Å². The molecule has 0 spiro atoms. The van der Waals surface area contributed by atoms with Crippen LogP contribution < -0.4 is 20.5 Å². The van der Waals surface area contributed by atoms with Crippen molar-refractivity contribution in [3.63, 3.8) is 0 Å². The van der Waals surface area contributed by atoms with E-state index in [2.05, 4.69) is 36.4 Å². The fraction of sp³-hybridized carbons (Fsp3) is 0.409. The second-order valence-corrected chi connectivity index (χ2v) is 9.09. The van der Waals surface area contributed by atoms with Crippen molar-refractivity contribution in [2.45, 2.75) is 45.2 Å². The average Bonchev–Trinajstić information content (AvgIpc) is 2.70. The molecule has 2 aromatic rings. The van der Waals surface area contributed by atoms with Gasteiger partial charge in [-0.2, -0.15) is 0 Å². The molecule has 2 rings (SSSR count). The summed E-state index contributed by atoms with van der Waals surface area (Å²) in [6, 6.07) is 14.5. The summed E-state index contributed by atoms with van der Waals surface area (Å²) in [4.78, 5) is 4.69. The van der Waals surface area contributed by atoms with Crippen molar-refractivity contribution in [2.24, 2.45) is 16.0 Å². The maximum atomic E-state index is 11.4. The number of nitrogens with zero attached hydrogens (tertiary/aromatic N) is 1. The lowest BCUT2D eigenvalue weighted by Gasteiger charge is -2.19. The van der Waals surface area contributed by atoms with Gasteiger partial charge in [-0.25, -0.2) is 18.5 Å².